The molecule has 0 unspecified atom stereocenters. The molecule has 1 aromatic carbocycles. The van der Waals surface area contributed by atoms with Crippen molar-refractivity contribution in [3.63, 3.8) is 0 Å². The quantitative estimate of drug-likeness (QED) is 0.917. The summed E-state index contributed by atoms with van der Waals surface area (Å²) >= 11 is 3.30. The summed E-state index contributed by atoms with van der Waals surface area (Å²) in [6, 6.07) is 7.15. The first kappa shape index (κ1) is 12.0. The van der Waals surface area contributed by atoms with E-state index in [0.29, 0.717) is 5.75 Å². The highest BCUT2D eigenvalue weighted by Crippen LogP contribution is 2.20. The number of ether oxygens (including phenoxy) is 1. The molecule has 0 aliphatic carbocycles. The van der Waals surface area contributed by atoms with E-state index in [2.05, 4.69) is 15.9 Å². The van der Waals surface area contributed by atoms with Gasteiger partial charge in [0.1, 0.15) is 5.75 Å². The maximum absolute atomic E-state index is 10.9. The summed E-state index contributed by atoms with van der Waals surface area (Å²) in [5.74, 6) is -0.447. The fraction of sp³-hybridized carbons (Fsp3) is 0.364. The lowest BCUT2D eigenvalue weighted by molar-refractivity contribution is -0.147. The van der Waals surface area contributed by atoms with Crippen molar-refractivity contribution in [2.24, 2.45) is 5.92 Å². The van der Waals surface area contributed by atoms with Crippen molar-refractivity contribution in [2.45, 2.75) is 20.0 Å². The predicted molar refractivity (Wildman–Crippen MR) is 61.0 cm³/mol. The van der Waals surface area contributed by atoms with E-state index >= 15 is 0 Å². The molecule has 4 heteroatoms. The van der Waals surface area contributed by atoms with Crippen molar-refractivity contribution in [1.82, 2.24) is 0 Å². The molecule has 1 atom stereocenters. The number of benzene rings is 1. The maximum atomic E-state index is 10.9. The predicted octanol–water partition coefficient (Wildman–Crippen LogP) is 2.94. The summed E-state index contributed by atoms with van der Waals surface area (Å²) in [6.45, 7) is 3.63. The zero-order chi connectivity index (χ0) is 11.4. The number of hydrogen-bond acceptors (Lipinski definition) is 2. The van der Waals surface area contributed by atoms with Crippen molar-refractivity contribution in [1.29, 1.82) is 0 Å². The molecule has 0 saturated heterocycles. The van der Waals surface area contributed by atoms with Gasteiger partial charge >= 0.3 is 5.97 Å². The molecule has 15 heavy (non-hydrogen) atoms. The Morgan fingerprint density at radius 3 is 2.60 bits per heavy atom. The average Bonchev–Trinajstić information content (AvgIpc) is 2.13. The smallest absolute Gasteiger partial charge is 0.345 e. The molecule has 0 aliphatic heterocycles. The number of hydrogen-bond donors (Lipinski definition) is 1. The second kappa shape index (κ2) is 5.16. The third-order valence-electron chi connectivity index (χ3n) is 1.91. The van der Waals surface area contributed by atoms with E-state index in [1.807, 2.05) is 19.9 Å². The Kier molecular flexibility index (Phi) is 4.15. The van der Waals surface area contributed by atoms with Crippen LogP contribution in [0, 0.1) is 5.92 Å². The molecule has 0 heterocycles. The van der Waals surface area contributed by atoms with Crippen LogP contribution < -0.4 is 4.74 Å². The Labute approximate surface area is 97.2 Å². The van der Waals surface area contributed by atoms with Crippen molar-refractivity contribution >= 4 is 21.9 Å². The number of carbonyl (C=O) groups is 1. The van der Waals surface area contributed by atoms with Gasteiger partial charge in [0, 0.05) is 10.4 Å². The Hall–Kier alpha value is -1.03. The van der Waals surface area contributed by atoms with E-state index in [0.717, 1.165) is 4.47 Å². The number of carboxylic acids is 1. The highest BCUT2D eigenvalue weighted by Gasteiger charge is 2.23. The van der Waals surface area contributed by atoms with Crippen LogP contribution in [-0.2, 0) is 4.79 Å². The second-order valence-corrected chi connectivity index (χ2v) is 4.49. The van der Waals surface area contributed by atoms with E-state index in [1.54, 1.807) is 18.2 Å². The molecule has 0 amide bonds. The van der Waals surface area contributed by atoms with Gasteiger partial charge in [-0.05, 0) is 18.2 Å². The molecule has 1 rings (SSSR count). The molecule has 0 aliphatic rings. The fourth-order valence-corrected chi connectivity index (χ4v) is 1.54. The van der Waals surface area contributed by atoms with Gasteiger partial charge in [-0.25, -0.2) is 4.79 Å². The summed E-state index contributed by atoms with van der Waals surface area (Å²) in [6.07, 6.45) is -0.806. The summed E-state index contributed by atoms with van der Waals surface area (Å²) in [5.41, 5.74) is 0. The molecular weight excluding hydrogens is 260 g/mol. The van der Waals surface area contributed by atoms with Gasteiger partial charge in [0.15, 0.2) is 6.10 Å². The summed E-state index contributed by atoms with van der Waals surface area (Å²) in [4.78, 5) is 10.9. The van der Waals surface area contributed by atoms with Crippen molar-refractivity contribution in [3.05, 3.63) is 28.7 Å². The van der Waals surface area contributed by atoms with E-state index in [9.17, 15) is 4.79 Å². The summed E-state index contributed by atoms with van der Waals surface area (Å²) < 4.78 is 6.26. The minimum absolute atomic E-state index is 0.0681. The molecule has 0 spiro atoms. The fourth-order valence-electron chi connectivity index (χ4n) is 1.16. The third kappa shape index (κ3) is 3.55. The van der Waals surface area contributed by atoms with Crippen LogP contribution in [0.3, 0.4) is 0 Å². The zero-order valence-electron chi connectivity index (χ0n) is 8.61. The van der Waals surface area contributed by atoms with Crippen LogP contribution in [-0.4, -0.2) is 17.2 Å². The van der Waals surface area contributed by atoms with Gasteiger partial charge in [0.25, 0.3) is 0 Å². The standard InChI is InChI=1S/C11H13BrO3/c1-7(2)10(11(13)14)15-9-5-3-4-8(12)6-9/h3-7,10H,1-2H3,(H,13,14)/t10-/m0/s1. The van der Waals surface area contributed by atoms with E-state index < -0.39 is 12.1 Å². The molecule has 3 nitrogen and oxygen atoms in total. The molecule has 1 aromatic rings. The number of halogens is 1. The first-order valence-corrected chi connectivity index (χ1v) is 5.45. The molecule has 0 saturated carbocycles. The Morgan fingerprint density at radius 2 is 2.13 bits per heavy atom. The molecule has 0 fully saturated rings. The van der Waals surface area contributed by atoms with Gasteiger partial charge in [-0.15, -0.1) is 0 Å². The number of rotatable bonds is 4. The number of carboxylic acid groups (broad SMARTS) is 1. The van der Waals surface area contributed by atoms with Crippen molar-refractivity contribution < 1.29 is 14.6 Å². The minimum Gasteiger partial charge on any atom is -0.478 e. The average molecular weight is 273 g/mol. The molecule has 0 aromatic heterocycles. The Balaban J connectivity index is 2.79. The molecule has 0 radical (unpaired) electrons. The molecule has 0 bridgehead atoms. The van der Waals surface area contributed by atoms with Crippen LogP contribution in [0.1, 0.15) is 13.8 Å². The third-order valence-corrected chi connectivity index (χ3v) is 2.40. The van der Waals surface area contributed by atoms with Crippen molar-refractivity contribution in [2.75, 3.05) is 0 Å². The number of aliphatic carboxylic acids is 1. The highest BCUT2D eigenvalue weighted by molar-refractivity contribution is 9.10. The monoisotopic (exact) mass is 272 g/mol. The van der Waals surface area contributed by atoms with Crippen LogP contribution in [0.4, 0.5) is 0 Å². The Morgan fingerprint density at radius 1 is 1.47 bits per heavy atom. The second-order valence-electron chi connectivity index (χ2n) is 3.58. The van der Waals surface area contributed by atoms with E-state index in [1.165, 1.54) is 0 Å². The van der Waals surface area contributed by atoms with E-state index in [-0.39, 0.29) is 5.92 Å². The SMILES string of the molecule is CC(C)[C@H](Oc1cccc(Br)c1)C(=O)O. The first-order valence-electron chi connectivity index (χ1n) is 4.65. The van der Waals surface area contributed by atoms with Gasteiger partial charge in [0.2, 0.25) is 0 Å². The summed E-state index contributed by atoms with van der Waals surface area (Å²) in [7, 11) is 0. The van der Waals surface area contributed by atoms with Gasteiger partial charge in [-0.2, -0.15) is 0 Å². The van der Waals surface area contributed by atoms with Gasteiger partial charge < -0.3 is 9.84 Å². The first-order chi connectivity index (χ1) is 7.00. The minimum atomic E-state index is -0.940. The summed E-state index contributed by atoms with van der Waals surface area (Å²) in [5, 5.41) is 8.94. The maximum Gasteiger partial charge on any atom is 0.345 e. The Bertz CT molecular complexity index is 349. The molecule has 82 valence electrons. The van der Waals surface area contributed by atoms with Gasteiger partial charge in [-0.1, -0.05) is 35.8 Å². The van der Waals surface area contributed by atoms with Crippen LogP contribution in [0.15, 0.2) is 28.7 Å². The van der Waals surface area contributed by atoms with Crippen LogP contribution >= 0.6 is 15.9 Å². The molecule has 1 N–H and O–H groups in total. The van der Waals surface area contributed by atoms with Gasteiger partial charge in [0.05, 0.1) is 0 Å². The topological polar surface area (TPSA) is 46.5 Å². The zero-order valence-corrected chi connectivity index (χ0v) is 10.2. The van der Waals surface area contributed by atoms with Crippen LogP contribution in [0.2, 0.25) is 0 Å². The highest BCUT2D eigenvalue weighted by atomic mass is 79.9. The van der Waals surface area contributed by atoms with Gasteiger partial charge in [-0.3, -0.25) is 0 Å². The normalized spacial score (nSPS) is 12.5. The van der Waals surface area contributed by atoms with Crippen LogP contribution in [0.5, 0.6) is 5.75 Å². The van der Waals surface area contributed by atoms with Crippen molar-refractivity contribution in [3.8, 4) is 5.75 Å². The largest absolute Gasteiger partial charge is 0.478 e. The lowest BCUT2D eigenvalue weighted by Gasteiger charge is -2.18. The molecular formula is C11H13BrO3. The van der Waals surface area contributed by atoms with Crippen LogP contribution in [0.25, 0.3) is 0 Å². The lowest BCUT2D eigenvalue weighted by atomic mass is 10.1. The van der Waals surface area contributed by atoms with E-state index in [4.69, 9.17) is 9.84 Å². The lowest BCUT2D eigenvalue weighted by Crippen LogP contribution is -2.32.